The van der Waals surface area contributed by atoms with Crippen molar-refractivity contribution in [1.29, 1.82) is 0 Å². The van der Waals surface area contributed by atoms with Crippen LogP contribution in [0.15, 0.2) is 4.99 Å². The van der Waals surface area contributed by atoms with Gasteiger partial charge in [0, 0.05) is 37.6 Å². The zero-order valence-electron chi connectivity index (χ0n) is 25.8. The van der Waals surface area contributed by atoms with Crippen LogP contribution in [0.4, 0.5) is 0 Å². The second-order valence-electron chi connectivity index (χ2n) is 10.5. The molecule has 1 fully saturated rings. The van der Waals surface area contributed by atoms with E-state index < -0.39 is 29.1 Å². The summed E-state index contributed by atoms with van der Waals surface area (Å²) in [4.78, 5) is 30.9. The third-order valence-electron chi connectivity index (χ3n) is 7.69. The van der Waals surface area contributed by atoms with Crippen LogP contribution in [-0.2, 0) is 14.3 Å². The number of methoxy groups -OCH3 is 1. The number of ketones is 2. The second-order valence-corrected chi connectivity index (χ2v) is 10.5. The Balaban J connectivity index is 0. The molecule has 6 nitrogen and oxygen atoms in total. The van der Waals surface area contributed by atoms with Gasteiger partial charge in [0.25, 0.3) is 0 Å². The Morgan fingerprint density at radius 1 is 0.972 bits per heavy atom. The fourth-order valence-electron chi connectivity index (χ4n) is 5.42. The highest BCUT2D eigenvalue weighted by molar-refractivity contribution is 6.03. The van der Waals surface area contributed by atoms with Crippen molar-refractivity contribution in [3.05, 3.63) is 0 Å². The maximum atomic E-state index is 13.1. The third kappa shape index (κ3) is 9.98. The first-order valence-corrected chi connectivity index (χ1v) is 14.3. The number of aliphatic imine (C=N–C) groups is 1. The maximum Gasteiger partial charge on any atom is 0.145 e. The van der Waals surface area contributed by atoms with E-state index in [1.807, 2.05) is 55.4 Å². The number of hydrogen-bond donors (Lipinski definition) is 2. The summed E-state index contributed by atoms with van der Waals surface area (Å²) in [5, 5.41) is 22.7. The quantitative estimate of drug-likeness (QED) is 0.430. The molecule has 6 heteroatoms. The Bertz CT molecular complexity index is 674. The minimum Gasteiger partial charge on any atom is -0.389 e. The molecule has 0 bridgehead atoms. The molecule has 0 aliphatic heterocycles. The van der Waals surface area contributed by atoms with E-state index in [1.165, 1.54) is 0 Å². The summed E-state index contributed by atoms with van der Waals surface area (Å²) in [5.41, 5.74) is -1.21. The molecule has 0 radical (unpaired) electrons. The number of nitrogens with zero attached hydrogens (tertiary/aromatic N) is 1. The third-order valence-corrected chi connectivity index (χ3v) is 7.69. The predicted octanol–water partition coefficient (Wildman–Crippen LogP) is 6.30. The molecule has 2 N–H and O–H groups in total. The highest BCUT2D eigenvalue weighted by Gasteiger charge is 2.45. The van der Waals surface area contributed by atoms with Gasteiger partial charge in [-0.15, -0.1) is 0 Å². The van der Waals surface area contributed by atoms with E-state index >= 15 is 0 Å². The molecular formula is C30H59NO5. The van der Waals surface area contributed by atoms with Crippen molar-refractivity contribution in [3.63, 3.8) is 0 Å². The Kier molecular flexibility index (Phi) is 17.9. The van der Waals surface area contributed by atoms with Crippen molar-refractivity contribution in [2.24, 2.45) is 34.6 Å². The van der Waals surface area contributed by atoms with Gasteiger partial charge in [0.2, 0.25) is 0 Å². The van der Waals surface area contributed by atoms with Gasteiger partial charge < -0.3 is 14.9 Å². The fourth-order valence-corrected chi connectivity index (χ4v) is 5.42. The first kappa shape index (κ1) is 37.0. The lowest BCUT2D eigenvalue weighted by Gasteiger charge is -2.42. The highest BCUT2D eigenvalue weighted by atomic mass is 16.5. The van der Waals surface area contributed by atoms with Crippen LogP contribution in [0.2, 0.25) is 0 Å². The van der Waals surface area contributed by atoms with E-state index in [4.69, 9.17) is 9.73 Å². The largest absolute Gasteiger partial charge is 0.389 e. The van der Waals surface area contributed by atoms with Gasteiger partial charge >= 0.3 is 0 Å². The van der Waals surface area contributed by atoms with Crippen LogP contribution < -0.4 is 0 Å². The first-order chi connectivity index (χ1) is 16.8. The Hall–Kier alpha value is -1.11. The number of carbonyl (C=O) groups is 2. The van der Waals surface area contributed by atoms with Crippen molar-refractivity contribution in [3.8, 4) is 0 Å². The van der Waals surface area contributed by atoms with Gasteiger partial charge in [-0.1, -0.05) is 68.7 Å². The number of rotatable bonds is 4. The van der Waals surface area contributed by atoms with E-state index in [1.54, 1.807) is 21.0 Å². The van der Waals surface area contributed by atoms with Gasteiger partial charge in [-0.25, -0.2) is 0 Å². The molecule has 0 saturated heterocycles. The van der Waals surface area contributed by atoms with E-state index in [0.717, 1.165) is 12.1 Å². The van der Waals surface area contributed by atoms with E-state index in [0.29, 0.717) is 25.8 Å². The van der Waals surface area contributed by atoms with Crippen molar-refractivity contribution < 1.29 is 24.5 Å². The molecule has 1 rings (SSSR count). The van der Waals surface area contributed by atoms with Gasteiger partial charge in [-0.3, -0.25) is 14.6 Å². The lowest BCUT2D eigenvalue weighted by Crippen LogP contribution is -2.52. The number of aliphatic hydroxyl groups is 2. The van der Waals surface area contributed by atoms with Crippen LogP contribution in [0.1, 0.15) is 115 Å². The number of ether oxygens (including phenoxy) is 1. The number of aliphatic hydroxyl groups excluding tert-OH is 1. The summed E-state index contributed by atoms with van der Waals surface area (Å²) in [5.74, 6) is -2.17. The average Bonchev–Trinajstić information content (AvgIpc) is 2.87. The van der Waals surface area contributed by atoms with Crippen molar-refractivity contribution in [1.82, 2.24) is 0 Å². The minimum absolute atomic E-state index is 0.00340. The lowest BCUT2D eigenvalue weighted by atomic mass is 9.70. The van der Waals surface area contributed by atoms with Crippen LogP contribution in [0.5, 0.6) is 0 Å². The van der Waals surface area contributed by atoms with Gasteiger partial charge in [0.05, 0.1) is 23.2 Å². The first-order valence-electron chi connectivity index (χ1n) is 14.3. The lowest BCUT2D eigenvalue weighted by molar-refractivity contribution is -0.142. The molecule has 0 aromatic carbocycles. The van der Waals surface area contributed by atoms with E-state index in [-0.39, 0.29) is 35.7 Å². The molecule has 0 aromatic rings. The Morgan fingerprint density at radius 2 is 1.47 bits per heavy atom. The van der Waals surface area contributed by atoms with E-state index in [2.05, 4.69) is 13.8 Å². The topological polar surface area (TPSA) is 96.2 Å². The van der Waals surface area contributed by atoms with Crippen LogP contribution in [-0.4, -0.2) is 58.5 Å². The van der Waals surface area contributed by atoms with Crippen molar-refractivity contribution >= 4 is 17.3 Å². The summed E-state index contributed by atoms with van der Waals surface area (Å²) in [6, 6.07) is 0. The van der Waals surface area contributed by atoms with Gasteiger partial charge in [-0.2, -0.15) is 0 Å². The summed E-state index contributed by atoms with van der Waals surface area (Å²) in [6.45, 7) is 23.7. The zero-order chi connectivity index (χ0) is 28.9. The Labute approximate surface area is 222 Å². The van der Waals surface area contributed by atoms with Gasteiger partial charge in [-0.05, 0) is 51.9 Å². The standard InChI is InChI=1S/C26H47NO5.2C2H6/c1-10-12-27-22-16(3)14-25(7,32-9)15-17(4)23(29)18(5)21(28)13-20(11-2)26(8,31)24(30)19(22)6;2*1-2/h16-20,24,30-31H,10-15H2,1-9H3;2*1-2H3/t16-,17-,18?,19?,20+,24?,25-,26-;;/m1../s1. The summed E-state index contributed by atoms with van der Waals surface area (Å²) in [7, 11) is 1.65. The molecule has 0 aromatic heterocycles. The molecular weight excluding hydrogens is 454 g/mol. The SMILES string of the molecule is CC.CC.CCCN=C1C(C)C(O)[C@](C)(O)[C@@H](CC)CC(=O)C(C)C(=O)[C@H](C)C[C@](C)(OC)C[C@H]1C. The fraction of sp³-hybridized carbons (Fsp3) is 0.900. The molecule has 0 heterocycles. The molecule has 3 unspecified atom stereocenters. The van der Waals surface area contributed by atoms with Crippen LogP contribution >= 0.6 is 0 Å². The van der Waals surface area contributed by atoms with Gasteiger partial charge in [0.15, 0.2) is 0 Å². The van der Waals surface area contributed by atoms with Crippen LogP contribution in [0.25, 0.3) is 0 Å². The molecule has 0 spiro atoms. The summed E-state index contributed by atoms with van der Waals surface area (Å²) >= 11 is 0. The van der Waals surface area contributed by atoms with Crippen LogP contribution in [0.3, 0.4) is 0 Å². The molecule has 36 heavy (non-hydrogen) atoms. The predicted molar refractivity (Wildman–Crippen MR) is 152 cm³/mol. The highest BCUT2D eigenvalue weighted by Crippen LogP contribution is 2.37. The second kappa shape index (κ2) is 17.4. The number of hydrogen-bond acceptors (Lipinski definition) is 6. The molecule has 1 aliphatic rings. The van der Waals surface area contributed by atoms with E-state index in [9.17, 15) is 19.8 Å². The summed E-state index contributed by atoms with van der Waals surface area (Å²) in [6.07, 6.45) is 1.52. The normalized spacial score (nSPS) is 37.8. The van der Waals surface area contributed by atoms with Crippen molar-refractivity contribution in [2.75, 3.05) is 13.7 Å². The smallest absolute Gasteiger partial charge is 0.145 e. The monoisotopic (exact) mass is 513 g/mol. The maximum absolute atomic E-state index is 13.1. The number of Topliss-reactive ketones (excluding diaryl/α,β-unsaturated/α-hetero) is 2. The van der Waals surface area contributed by atoms with Crippen LogP contribution in [0, 0.1) is 29.6 Å². The van der Waals surface area contributed by atoms with Crippen molar-refractivity contribution in [2.45, 2.75) is 132 Å². The molecule has 1 aliphatic carbocycles. The summed E-state index contributed by atoms with van der Waals surface area (Å²) < 4.78 is 5.88. The Morgan fingerprint density at radius 3 is 1.92 bits per heavy atom. The molecule has 1 saturated carbocycles. The number of carbonyl (C=O) groups excluding carboxylic acids is 2. The zero-order valence-corrected chi connectivity index (χ0v) is 25.8. The average molecular weight is 514 g/mol. The molecule has 8 atom stereocenters. The molecule has 214 valence electrons. The molecule has 0 amide bonds. The van der Waals surface area contributed by atoms with Gasteiger partial charge in [0.1, 0.15) is 11.6 Å². The minimum atomic E-state index is -1.49.